The van der Waals surface area contributed by atoms with Crippen LogP contribution in [0.5, 0.6) is 0 Å². The molecule has 4 nitrogen and oxygen atoms in total. The van der Waals surface area contributed by atoms with Crippen molar-refractivity contribution < 1.29 is 4.79 Å². The van der Waals surface area contributed by atoms with Gasteiger partial charge in [-0.15, -0.1) is 11.3 Å². The van der Waals surface area contributed by atoms with Gasteiger partial charge in [-0.1, -0.05) is 35.5 Å². The summed E-state index contributed by atoms with van der Waals surface area (Å²) in [7, 11) is 0. The van der Waals surface area contributed by atoms with Gasteiger partial charge in [0, 0.05) is 35.1 Å². The second kappa shape index (κ2) is 8.99. The Bertz CT molecular complexity index is 822. The fourth-order valence-corrected chi connectivity index (χ4v) is 4.02. The molecule has 2 aromatic heterocycles. The van der Waals surface area contributed by atoms with E-state index in [0.29, 0.717) is 13.0 Å². The predicted molar refractivity (Wildman–Crippen MR) is 103 cm³/mol. The van der Waals surface area contributed by atoms with Crippen LogP contribution in [0.1, 0.15) is 16.8 Å². The van der Waals surface area contributed by atoms with Crippen LogP contribution in [0.3, 0.4) is 0 Å². The predicted octanol–water partition coefficient (Wildman–Crippen LogP) is 4.34. The third-order valence-corrected chi connectivity index (χ3v) is 5.78. The Morgan fingerprint density at radius 2 is 1.88 bits per heavy atom. The number of nitrogens with one attached hydrogen (secondary N) is 1. The molecule has 0 saturated carbocycles. The maximum absolute atomic E-state index is 12.0. The van der Waals surface area contributed by atoms with Gasteiger partial charge in [0.05, 0.1) is 12.1 Å². The Morgan fingerprint density at radius 1 is 1.12 bits per heavy atom. The van der Waals surface area contributed by atoms with Gasteiger partial charge in [-0.05, 0) is 35.4 Å². The van der Waals surface area contributed by atoms with Crippen molar-refractivity contribution in [2.45, 2.75) is 23.1 Å². The number of hydrogen-bond donors (Lipinski definition) is 1. The van der Waals surface area contributed by atoms with E-state index in [9.17, 15) is 4.79 Å². The van der Waals surface area contributed by atoms with Crippen LogP contribution in [-0.4, -0.2) is 15.9 Å². The number of nitrogens with zero attached hydrogens (tertiary/aromatic N) is 2. The van der Waals surface area contributed by atoms with Crippen LogP contribution in [0, 0.1) is 0 Å². The Kier molecular flexibility index (Phi) is 6.44. The Morgan fingerprint density at radius 3 is 2.64 bits per heavy atom. The summed E-state index contributed by atoms with van der Waals surface area (Å²) in [6.07, 6.45) is 3.72. The molecular weight excluding hydrogens is 374 g/mol. The third kappa shape index (κ3) is 5.85. The van der Waals surface area contributed by atoms with Crippen molar-refractivity contribution in [2.75, 3.05) is 0 Å². The standard InChI is InChI=1S/C18H16ClN3OS2/c19-15-3-1-14(2-4-15)11-24-18-22-16(12-25-18)9-17(23)21-10-13-5-7-20-8-6-13/h1-8,12H,9-11H2,(H,21,23). The first-order chi connectivity index (χ1) is 12.2. The van der Waals surface area contributed by atoms with Gasteiger partial charge >= 0.3 is 0 Å². The fraction of sp³-hybridized carbons (Fsp3) is 0.167. The number of rotatable bonds is 7. The molecule has 0 aliphatic rings. The zero-order valence-corrected chi connectivity index (χ0v) is 15.7. The minimum atomic E-state index is -0.0311. The van der Waals surface area contributed by atoms with Gasteiger partial charge in [-0.2, -0.15) is 0 Å². The van der Waals surface area contributed by atoms with E-state index in [1.54, 1.807) is 35.5 Å². The average molecular weight is 390 g/mol. The molecule has 1 aromatic carbocycles. The Labute approximate surface area is 159 Å². The summed E-state index contributed by atoms with van der Waals surface area (Å²) in [4.78, 5) is 20.5. The lowest BCUT2D eigenvalue weighted by Gasteiger charge is -2.03. The van der Waals surface area contributed by atoms with Gasteiger partial charge in [0.25, 0.3) is 0 Å². The summed E-state index contributed by atoms with van der Waals surface area (Å²) >= 11 is 9.12. The van der Waals surface area contributed by atoms with Crippen LogP contribution in [0.25, 0.3) is 0 Å². The third-order valence-electron chi connectivity index (χ3n) is 3.39. The molecule has 0 bridgehead atoms. The fourth-order valence-electron chi connectivity index (χ4n) is 2.09. The molecule has 0 fully saturated rings. The highest BCUT2D eigenvalue weighted by Crippen LogP contribution is 2.26. The molecule has 128 valence electrons. The molecule has 0 aliphatic carbocycles. The monoisotopic (exact) mass is 389 g/mol. The molecule has 0 saturated heterocycles. The lowest BCUT2D eigenvalue weighted by Crippen LogP contribution is -2.24. The molecule has 1 N–H and O–H groups in total. The van der Waals surface area contributed by atoms with Crippen molar-refractivity contribution >= 4 is 40.6 Å². The number of benzene rings is 1. The van der Waals surface area contributed by atoms with Crippen molar-refractivity contribution in [3.63, 3.8) is 0 Å². The van der Waals surface area contributed by atoms with E-state index in [-0.39, 0.29) is 5.91 Å². The SMILES string of the molecule is O=C(Cc1csc(SCc2ccc(Cl)cc2)n1)NCc1ccncc1. The van der Waals surface area contributed by atoms with Crippen molar-refractivity contribution in [3.05, 3.63) is 76.0 Å². The molecular formula is C18H16ClN3OS2. The van der Waals surface area contributed by atoms with Gasteiger partial charge in [0.15, 0.2) is 0 Å². The second-order valence-corrected chi connectivity index (χ2v) is 7.85. The zero-order valence-electron chi connectivity index (χ0n) is 13.3. The van der Waals surface area contributed by atoms with Crippen LogP contribution < -0.4 is 5.32 Å². The number of pyridine rings is 1. The van der Waals surface area contributed by atoms with E-state index >= 15 is 0 Å². The first-order valence-electron chi connectivity index (χ1n) is 7.66. The van der Waals surface area contributed by atoms with Gasteiger partial charge in [-0.25, -0.2) is 4.98 Å². The van der Waals surface area contributed by atoms with Crippen molar-refractivity contribution in [1.29, 1.82) is 0 Å². The van der Waals surface area contributed by atoms with E-state index in [0.717, 1.165) is 26.4 Å². The number of halogens is 1. The molecule has 3 rings (SSSR count). The molecule has 25 heavy (non-hydrogen) atoms. The van der Waals surface area contributed by atoms with E-state index < -0.39 is 0 Å². The van der Waals surface area contributed by atoms with Crippen molar-refractivity contribution in [2.24, 2.45) is 0 Å². The molecule has 2 heterocycles. The van der Waals surface area contributed by atoms with E-state index in [2.05, 4.69) is 15.3 Å². The Hall–Kier alpha value is -1.89. The van der Waals surface area contributed by atoms with E-state index in [4.69, 9.17) is 11.6 Å². The summed E-state index contributed by atoms with van der Waals surface area (Å²) in [6, 6.07) is 11.6. The minimum Gasteiger partial charge on any atom is -0.352 e. The van der Waals surface area contributed by atoms with E-state index in [1.165, 1.54) is 5.56 Å². The quantitative estimate of drug-likeness (QED) is 0.610. The molecule has 0 aliphatic heterocycles. The normalized spacial score (nSPS) is 10.6. The lowest BCUT2D eigenvalue weighted by atomic mass is 10.2. The summed E-state index contributed by atoms with van der Waals surface area (Å²) < 4.78 is 0.965. The number of hydrogen-bond acceptors (Lipinski definition) is 5. The summed E-state index contributed by atoms with van der Waals surface area (Å²) in [5.74, 6) is 0.801. The molecule has 0 radical (unpaired) electrons. The van der Waals surface area contributed by atoms with Crippen LogP contribution >= 0.6 is 34.7 Å². The second-order valence-electron chi connectivity index (χ2n) is 5.33. The average Bonchev–Trinajstić information content (AvgIpc) is 3.08. The first kappa shape index (κ1) is 17.9. The molecule has 0 atom stereocenters. The number of aromatic nitrogens is 2. The van der Waals surface area contributed by atoms with Gasteiger partial charge in [0.1, 0.15) is 4.34 Å². The number of carbonyl (C=O) groups excluding carboxylic acids is 1. The number of amides is 1. The molecule has 0 unspecified atom stereocenters. The molecule has 0 spiro atoms. The molecule has 3 aromatic rings. The van der Waals surface area contributed by atoms with Gasteiger partial charge < -0.3 is 5.32 Å². The van der Waals surface area contributed by atoms with E-state index in [1.807, 2.05) is 41.8 Å². The maximum Gasteiger partial charge on any atom is 0.226 e. The Balaban J connectivity index is 1.46. The maximum atomic E-state index is 12.0. The van der Waals surface area contributed by atoms with Crippen LogP contribution in [-0.2, 0) is 23.5 Å². The highest BCUT2D eigenvalue weighted by atomic mass is 35.5. The molecule has 7 heteroatoms. The van der Waals surface area contributed by atoms with Gasteiger partial charge in [0.2, 0.25) is 5.91 Å². The smallest absolute Gasteiger partial charge is 0.226 e. The summed E-state index contributed by atoms with van der Waals surface area (Å²) in [5.41, 5.74) is 3.03. The first-order valence-corrected chi connectivity index (χ1v) is 9.90. The zero-order chi connectivity index (χ0) is 17.5. The summed E-state index contributed by atoms with van der Waals surface area (Å²) in [6.45, 7) is 0.504. The highest BCUT2D eigenvalue weighted by Gasteiger charge is 2.08. The highest BCUT2D eigenvalue weighted by molar-refractivity contribution is 8.00. The van der Waals surface area contributed by atoms with Crippen LogP contribution in [0.4, 0.5) is 0 Å². The minimum absolute atomic E-state index is 0.0311. The van der Waals surface area contributed by atoms with Crippen molar-refractivity contribution in [3.8, 4) is 0 Å². The van der Waals surface area contributed by atoms with Gasteiger partial charge in [-0.3, -0.25) is 9.78 Å². The number of thiazole rings is 1. The lowest BCUT2D eigenvalue weighted by molar-refractivity contribution is -0.120. The molecule has 1 amide bonds. The summed E-state index contributed by atoms with van der Waals surface area (Å²) in [5, 5.41) is 5.58. The topological polar surface area (TPSA) is 54.9 Å². The number of thioether (sulfide) groups is 1. The van der Waals surface area contributed by atoms with Crippen molar-refractivity contribution in [1.82, 2.24) is 15.3 Å². The van der Waals surface area contributed by atoms with Crippen LogP contribution in [0.2, 0.25) is 5.02 Å². The number of carbonyl (C=O) groups is 1. The van der Waals surface area contributed by atoms with Crippen LogP contribution in [0.15, 0.2) is 58.5 Å². The largest absolute Gasteiger partial charge is 0.352 e.